The Morgan fingerprint density at radius 3 is 2.64 bits per heavy atom. The third-order valence-corrected chi connectivity index (χ3v) is 2.77. The van der Waals surface area contributed by atoms with Gasteiger partial charge < -0.3 is 10.0 Å². The maximum absolute atomic E-state index is 11.8. The monoisotopic (exact) mass is 199 g/mol. The Morgan fingerprint density at radius 1 is 1.50 bits per heavy atom. The van der Waals surface area contributed by atoms with Crippen molar-refractivity contribution in [1.29, 1.82) is 0 Å². The van der Waals surface area contributed by atoms with Gasteiger partial charge in [0, 0.05) is 18.5 Å². The number of carbonyl (C=O) groups excluding carboxylic acids is 1. The van der Waals surface area contributed by atoms with Gasteiger partial charge in [0.2, 0.25) is 5.91 Å². The average Bonchev–Trinajstić information content (AvgIpc) is 2.49. The summed E-state index contributed by atoms with van der Waals surface area (Å²) in [6.07, 6.45) is 2.54. The van der Waals surface area contributed by atoms with Crippen molar-refractivity contribution in [2.24, 2.45) is 5.92 Å². The fourth-order valence-corrected chi connectivity index (χ4v) is 2.10. The predicted octanol–water partition coefficient (Wildman–Crippen LogP) is 1.40. The lowest BCUT2D eigenvalue weighted by Gasteiger charge is -2.27. The van der Waals surface area contributed by atoms with E-state index in [-0.39, 0.29) is 24.0 Å². The lowest BCUT2D eigenvalue weighted by Crippen LogP contribution is -2.39. The predicted molar refractivity (Wildman–Crippen MR) is 55.9 cm³/mol. The van der Waals surface area contributed by atoms with Crippen molar-refractivity contribution in [2.75, 3.05) is 6.54 Å². The summed E-state index contributed by atoms with van der Waals surface area (Å²) >= 11 is 0. The minimum absolute atomic E-state index is 0.0737. The van der Waals surface area contributed by atoms with E-state index in [2.05, 4.69) is 0 Å². The van der Waals surface area contributed by atoms with Crippen LogP contribution >= 0.6 is 0 Å². The van der Waals surface area contributed by atoms with E-state index < -0.39 is 0 Å². The summed E-state index contributed by atoms with van der Waals surface area (Å²) in [6.45, 7) is 6.52. The molecule has 82 valence electrons. The Bertz CT molecular complexity index is 201. The molecule has 1 aliphatic rings. The minimum Gasteiger partial charge on any atom is -0.393 e. The van der Waals surface area contributed by atoms with Crippen LogP contribution < -0.4 is 0 Å². The molecule has 1 N–H and O–H groups in total. The molecule has 1 fully saturated rings. The highest BCUT2D eigenvalue weighted by Crippen LogP contribution is 2.23. The highest BCUT2D eigenvalue weighted by molar-refractivity contribution is 5.78. The molecule has 0 aliphatic carbocycles. The van der Waals surface area contributed by atoms with Crippen molar-refractivity contribution in [2.45, 2.75) is 52.2 Å². The molecule has 1 rings (SSSR count). The Kier molecular flexibility index (Phi) is 3.93. The van der Waals surface area contributed by atoms with Gasteiger partial charge in [-0.2, -0.15) is 0 Å². The van der Waals surface area contributed by atoms with Crippen molar-refractivity contribution in [3.8, 4) is 0 Å². The minimum atomic E-state index is -0.305. The van der Waals surface area contributed by atoms with E-state index in [9.17, 15) is 9.90 Å². The average molecular weight is 199 g/mol. The normalized spacial score (nSPS) is 24.4. The van der Waals surface area contributed by atoms with E-state index in [1.807, 2.05) is 18.7 Å². The second-order valence-corrected chi connectivity index (χ2v) is 4.57. The Labute approximate surface area is 86.1 Å². The molecule has 2 unspecified atom stereocenters. The molecule has 2 atom stereocenters. The lowest BCUT2D eigenvalue weighted by atomic mass is 10.1. The number of nitrogens with zero attached hydrogens (tertiary/aromatic N) is 1. The number of likely N-dealkylation sites (tertiary alicyclic amines) is 1. The Hall–Kier alpha value is -0.570. The van der Waals surface area contributed by atoms with E-state index in [1.54, 1.807) is 6.92 Å². The van der Waals surface area contributed by atoms with E-state index in [0.717, 1.165) is 25.8 Å². The molecular formula is C11H21NO2. The molecule has 3 nitrogen and oxygen atoms in total. The molecular weight excluding hydrogens is 178 g/mol. The molecule has 0 aromatic rings. The number of hydrogen-bond acceptors (Lipinski definition) is 2. The molecule has 1 amide bonds. The second kappa shape index (κ2) is 4.78. The molecule has 1 heterocycles. The zero-order chi connectivity index (χ0) is 10.7. The van der Waals surface area contributed by atoms with Crippen molar-refractivity contribution < 1.29 is 9.90 Å². The summed E-state index contributed by atoms with van der Waals surface area (Å²) in [6, 6.07) is 0.268. The molecule has 0 spiro atoms. The smallest absolute Gasteiger partial charge is 0.225 e. The Morgan fingerprint density at radius 2 is 2.14 bits per heavy atom. The first kappa shape index (κ1) is 11.5. The summed E-state index contributed by atoms with van der Waals surface area (Å²) in [5, 5.41) is 9.31. The van der Waals surface area contributed by atoms with E-state index in [4.69, 9.17) is 0 Å². The van der Waals surface area contributed by atoms with E-state index >= 15 is 0 Å². The molecule has 0 bridgehead atoms. The second-order valence-electron chi connectivity index (χ2n) is 4.57. The zero-order valence-electron chi connectivity index (χ0n) is 9.36. The van der Waals surface area contributed by atoms with Crippen molar-refractivity contribution in [1.82, 2.24) is 4.90 Å². The van der Waals surface area contributed by atoms with Gasteiger partial charge in [-0.15, -0.1) is 0 Å². The molecule has 14 heavy (non-hydrogen) atoms. The first-order valence-corrected chi connectivity index (χ1v) is 5.51. The van der Waals surface area contributed by atoms with Gasteiger partial charge >= 0.3 is 0 Å². The fourth-order valence-electron chi connectivity index (χ4n) is 2.10. The van der Waals surface area contributed by atoms with Crippen LogP contribution in [0.2, 0.25) is 0 Å². The number of amides is 1. The SMILES string of the molecule is CC(O)CC1CCCN1C(=O)C(C)C. The van der Waals surface area contributed by atoms with Crippen LogP contribution in [0.5, 0.6) is 0 Å². The lowest BCUT2D eigenvalue weighted by molar-refractivity contribution is -0.135. The van der Waals surface area contributed by atoms with Gasteiger partial charge in [-0.1, -0.05) is 13.8 Å². The summed E-state index contributed by atoms with van der Waals surface area (Å²) in [5.74, 6) is 0.303. The molecule has 0 radical (unpaired) electrons. The van der Waals surface area contributed by atoms with Crippen molar-refractivity contribution in [3.05, 3.63) is 0 Å². The topological polar surface area (TPSA) is 40.5 Å². The van der Waals surface area contributed by atoms with Crippen LogP contribution in [-0.2, 0) is 4.79 Å². The Balaban J connectivity index is 2.55. The zero-order valence-corrected chi connectivity index (χ0v) is 9.36. The van der Waals surface area contributed by atoms with Crippen LogP contribution in [0.3, 0.4) is 0 Å². The highest BCUT2D eigenvalue weighted by atomic mass is 16.3. The maximum Gasteiger partial charge on any atom is 0.225 e. The van der Waals surface area contributed by atoms with Gasteiger partial charge in [0.25, 0.3) is 0 Å². The number of rotatable bonds is 3. The first-order valence-electron chi connectivity index (χ1n) is 5.51. The maximum atomic E-state index is 11.8. The number of aliphatic hydroxyl groups excluding tert-OH is 1. The standard InChI is InChI=1S/C11H21NO2/c1-8(2)11(14)12-6-4-5-10(12)7-9(3)13/h8-10,13H,4-7H2,1-3H3. The molecule has 0 aromatic heterocycles. The molecule has 1 saturated heterocycles. The highest BCUT2D eigenvalue weighted by Gasteiger charge is 2.30. The third-order valence-electron chi connectivity index (χ3n) is 2.77. The largest absolute Gasteiger partial charge is 0.393 e. The van der Waals surface area contributed by atoms with Crippen LogP contribution in [0.1, 0.15) is 40.0 Å². The summed E-state index contributed by atoms with van der Waals surface area (Å²) in [4.78, 5) is 13.7. The van der Waals surface area contributed by atoms with Crippen LogP contribution in [0.4, 0.5) is 0 Å². The van der Waals surface area contributed by atoms with Gasteiger partial charge in [0.1, 0.15) is 0 Å². The van der Waals surface area contributed by atoms with Gasteiger partial charge in [-0.3, -0.25) is 4.79 Å². The first-order chi connectivity index (χ1) is 6.52. The van der Waals surface area contributed by atoms with Gasteiger partial charge in [-0.25, -0.2) is 0 Å². The third kappa shape index (κ3) is 2.71. The number of aliphatic hydroxyl groups is 1. The van der Waals surface area contributed by atoms with Crippen LogP contribution in [0.15, 0.2) is 0 Å². The van der Waals surface area contributed by atoms with Gasteiger partial charge in [-0.05, 0) is 26.2 Å². The van der Waals surface area contributed by atoms with Gasteiger partial charge in [0.15, 0.2) is 0 Å². The molecule has 3 heteroatoms. The number of hydrogen-bond donors (Lipinski definition) is 1. The van der Waals surface area contributed by atoms with Gasteiger partial charge in [0.05, 0.1) is 6.10 Å². The molecule has 0 aromatic carbocycles. The summed E-state index contributed by atoms with van der Waals surface area (Å²) in [7, 11) is 0. The van der Waals surface area contributed by atoms with E-state index in [0.29, 0.717) is 0 Å². The van der Waals surface area contributed by atoms with E-state index in [1.165, 1.54) is 0 Å². The van der Waals surface area contributed by atoms with Crippen LogP contribution in [-0.4, -0.2) is 34.6 Å². The van der Waals surface area contributed by atoms with Crippen LogP contribution in [0, 0.1) is 5.92 Å². The van der Waals surface area contributed by atoms with Crippen LogP contribution in [0.25, 0.3) is 0 Å². The molecule has 0 saturated carbocycles. The fraction of sp³-hybridized carbons (Fsp3) is 0.909. The molecule has 1 aliphatic heterocycles. The summed E-state index contributed by atoms with van der Waals surface area (Å²) < 4.78 is 0. The number of carbonyl (C=O) groups is 1. The summed E-state index contributed by atoms with van der Waals surface area (Å²) in [5.41, 5.74) is 0. The van der Waals surface area contributed by atoms with Crippen molar-refractivity contribution in [3.63, 3.8) is 0 Å². The quantitative estimate of drug-likeness (QED) is 0.746. The van der Waals surface area contributed by atoms with Crippen molar-refractivity contribution >= 4 is 5.91 Å².